The Hall–Kier alpha value is -3.27. The van der Waals surface area contributed by atoms with Crippen molar-refractivity contribution in [2.24, 2.45) is 0 Å². The van der Waals surface area contributed by atoms with Crippen LogP contribution in [0.4, 0.5) is 0 Å². The molecule has 0 atom stereocenters. The van der Waals surface area contributed by atoms with Gasteiger partial charge in [0.1, 0.15) is 24.0 Å². The molecular formula is C22H26O4. The Labute approximate surface area is 155 Å². The largest absolute Gasteiger partial charge is 0.508 e. The van der Waals surface area contributed by atoms with Crippen molar-refractivity contribution in [1.82, 2.24) is 0 Å². The third kappa shape index (κ3) is 10.5. The average molecular weight is 354 g/mol. The van der Waals surface area contributed by atoms with E-state index in [1.165, 1.54) is 5.56 Å². The molecule has 4 nitrogen and oxygen atoms in total. The van der Waals surface area contributed by atoms with E-state index >= 15 is 0 Å². The van der Waals surface area contributed by atoms with Crippen LogP contribution in [-0.2, 0) is 4.79 Å². The fourth-order valence-corrected chi connectivity index (χ4v) is 1.74. The molecule has 26 heavy (non-hydrogen) atoms. The van der Waals surface area contributed by atoms with E-state index in [9.17, 15) is 0 Å². The Bertz CT molecular complexity index is 693. The zero-order valence-electron chi connectivity index (χ0n) is 15.4. The van der Waals surface area contributed by atoms with E-state index in [1.807, 2.05) is 70.0 Å². The first-order valence-corrected chi connectivity index (χ1v) is 7.93. The Morgan fingerprint density at radius 2 is 1.19 bits per heavy atom. The molecular weight excluding hydrogens is 328 g/mol. The summed E-state index contributed by atoms with van der Waals surface area (Å²) < 4.78 is 0. The molecule has 0 heterocycles. The van der Waals surface area contributed by atoms with Crippen LogP contribution in [0.1, 0.15) is 16.7 Å². The topological polar surface area (TPSA) is 77.8 Å². The molecule has 138 valence electrons. The number of hydrogen-bond donors (Lipinski definition) is 3. The fraction of sp³-hybridized carbons (Fsp3) is 0.136. The molecule has 0 amide bonds. The van der Waals surface area contributed by atoms with Gasteiger partial charge in [0.05, 0.1) is 0 Å². The summed E-state index contributed by atoms with van der Waals surface area (Å²) in [5, 5.41) is 26.5. The molecule has 0 fully saturated rings. The number of carbonyl (C=O) groups excluding carboxylic acids is 1. The summed E-state index contributed by atoms with van der Waals surface area (Å²) in [6.07, 6.45) is 0. The van der Waals surface area contributed by atoms with E-state index in [1.54, 1.807) is 30.3 Å². The van der Waals surface area contributed by atoms with Crippen molar-refractivity contribution in [3.8, 4) is 17.2 Å². The minimum atomic E-state index is 0.329. The summed E-state index contributed by atoms with van der Waals surface area (Å²) >= 11 is 0. The van der Waals surface area contributed by atoms with E-state index in [4.69, 9.17) is 20.1 Å². The molecule has 3 aromatic rings. The molecule has 3 aromatic carbocycles. The smallest absolute Gasteiger partial charge is 0.118 e. The van der Waals surface area contributed by atoms with E-state index < -0.39 is 0 Å². The molecule has 3 N–H and O–H groups in total. The van der Waals surface area contributed by atoms with E-state index in [2.05, 4.69) is 0 Å². The van der Waals surface area contributed by atoms with Gasteiger partial charge in [0, 0.05) is 0 Å². The van der Waals surface area contributed by atoms with Gasteiger partial charge in [-0.2, -0.15) is 0 Å². The van der Waals surface area contributed by atoms with Gasteiger partial charge in [-0.15, -0.1) is 0 Å². The van der Waals surface area contributed by atoms with Gasteiger partial charge >= 0.3 is 0 Å². The molecule has 0 aromatic heterocycles. The molecule has 0 aliphatic rings. The van der Waals surface area contributed by atoms with Crippen LogP contribution >= 0.6 is 0 Å². The summed E-state index contributed by atoms with van der Waals surface area (Å²) in [4.78, 5) is 8.00. The summed E-state index contributed by atoms with van der Waals surface area (Å²) in [5.74, 6) is 1.04. The number of rotatable bonds is 0. The Kier molecular flexibility index (Phi) is 11.4. The van der Waals surface area contributed by atoms with Gasteiger partial charge in [-0.1, -0.05) is 48.0 Å². The monoisotopic (exact) mass is 354 g/mol. The lowest BCUT2D eigenvalue weighted by molar-refractivity contribution is -0.0979. The van der Waals surface area contributed by atoms with Crippen LogP contribution in [0.2, 0.25) is 0 Å². The first kappa shape index (κ1) is 22.7. The number of carbonyl (C=O) groups is 1. The molecule has 0 radical (unpaired) electrons. The molecule has 0 unspecified atom stereocenters. The first-order chi connectivity index (χ1) is 12.4. The van der Waals surface area contributed by atoms with Crippen LogP contribution < -0.4 is 0 Å². The Morgan fingerprint density at radius 1 is 0.615 bits per heavy atom. The van der Waals surface area contributed by atoms with E-state index in [-0.39, 0.29) is 0 Å². The van der Waals surface area contributed by atoms with Crippen molar-refractivity contribution in [2.75, 3.05) is 0 Å². The lowest BCUT2D eigenvalue weighted by Gasteiger charge is -1.92. The third-order valence-corrected chi connectivity index (χ3v) is 3.15. The predicted molar refractivity (Wildman–Crippen MR) is 106 cm³/mol. The highest BCUT2D eigenvalue weighted by Gasteiger charge is 1.87. The second-order valence-electron chi connectivity index (χ2n) is 5.46. The molecule has 0 aliphatic heterocycles. The van der Waals surface area contributed by atoms with Crippen LogP contribution in [0.3, 0.4) is 0 Å². The van der Waals surface area contributed by atoms with Gasteiger partial charge < -0.3 is 20.1 Å². The molecule has 0 saturated heterocycles. The zero-order valence-corrected chi connectivity index (χ0v) is 15.4. The van der Waals surface area contributed by atoms with Crippen molar-refractivity contribution in [3.63, 3.8) is 0 Å². The number of para-hydroxylation sites is 1. The number of hydrogen-bond acceptors (Lipinski definition) is 4. The standard InChI is InChI=1S/3C7H8O.CH2O/c1-6-2-4-7(8)5-3-6;1-6-3-2-4-7(8)5-6;1-6-4-2-3-5-7(6)8;1-2/h3*2-5,8H,1H3;1H2. The molecule has 4 heteroatoms. The van der Waals surface area contributed by atoms with Gasteiger partial charge in [-0.05, 0) is 62.2 Å². The van der Waals surface area contributed by atoms with Gasteiger partial charge in [0.2, 0.25) is 0 Å². The summed E-state index contributed by atoms with van der Waals surface area (Å²) in [6, 6.07) is 21.5. The van der Waals surface area contributed by atoms with E-state index in [0.717, 1.165) is 11.1 Å². The molecule has 0 saturated carbocycles. The lowest BCUT2D eigenvalue weighted by Crippen LogP contribution is -1.68. The van der Waals surface area contributed by atoms with E-state index in [0.29, 0.717) is 17.2 Å². The minimum Gasteiger partial charge on any atom is -0.508 e. The average Bonchev–Trinajstić information content (AvgIpc) is 2.63. The van der Waals surface area contributed by atoms with Crippen molar-refractivity contribution < 1.29 is 20.1 Å². The molecule has 0 spiro atoms. The Balaban J connectivity index is 0.000000344. The molecule has 0 bridgehead atoms. The Morgan fingerprint density at radius 3 is 1.54 bits per heavy atom. The highest BCUT2D eigenvalue weighted by atomic mass is 16.3. The third-order valence-electron chi connectivity index (χ3n) is 3.15. The van der Waals surface area contributed by atoms with Gasteiger partial charge in [0.15, 0.2) is 0 Å². The first-order valence-electron chi connectivity index (χ1n) is 7.93. The number of phenols is 3. The quantitative estimate of drug-likeness (QED) is 0.536. The van der Waals surface area contributed by atoms with Gasteiger partial charge in [0.25, 0.3) is 0 Å². The SMILES string of the molecule is C=O.Cc1ccc(O)cc1.Cc1cccc(O)c1.Cc1ccccc1O. The summed E-state index contributed by atoms with van der Waals surface area (Å²) in [5.41, 5.74) is 3.18. The van der Waals surface area contributed by atoms with Crippen molar-refractivity contribution in [2.45, 2.75) is 20.8 Å². The van der Waals surface area contributed by atoms with Crippen LogP contribution in [0.15, 0.2) is 72.8 Å². The second-order valence-corrected chi connectivity index (χ2v) is 5.46. The van der Waals surface area contributed by atoms with Gasteiger partial charge in [-0.3, -0.25) is 0 Å². The zero-order chi connectivity index (χ0) is 19.9. The number of aromatic hydroxyl groups is 3. The normalized spacial score (nSPS) is 8.58. The fourth-order valence-electron chi connectivity index (χ4n) is 1.74. The van der Waals surface area contributed by atoms with Crippen LogP contribution in [0.25, 0.3) is 0 Å². The van der Waals surface area contributed by atoms with Crippen molar-refractivity contribution >= 4 is 6.79 Å². The summed E-state index contributed by atoms with van der Waals surface area (Å²) in [7, 11) is 0. The van der Waals surface area contributed by atoms with Crippen LogP contribution in [0.5, 0.6) is 17.2 Å². The molecule has 0 aliphatic carbocycles. The highest BCUT2D eigenvalue weighted by Crippen LogP contribution is 2.12. The van der Waals surface area contributed by atoms with Crippen LogP contribution in [0, 0.1) is 20.8 Å². The minimum absolute atomic E-state index is 0.329. The van der Waals surface area contributed by atoms with Gasteiger partial charge in [-0.25, -0.2) is 0 Å². The second kappa shape index (κ2) is 13.1. The lowest BCUT2D eigenvalue weighted by atomic mass is 10.2. The summed E-state index contributed by atoms with van der Waals surface area (Å²) in [6.45, 7) is 7.80. The maximum Gasteiger partial charge on any atom is 0.118 e. The number of phenolic OH excluding ortho intramolecular Hbond substituents is 3. The van der Waals surface area contributed by atoms with Crippen molar-refractivity contribution in [3.05, 3.63) is 89.5 Å². The maximum atomic E-state index is 8.92. The highest BCUT2D eigenvalue weighted by molar-refractivity contribution is 5.29. The van der Waals surface area contributed by atoms with Crippen molar-refractivity contribution in [1.29, 1.82) is 0 Å². The number of aryl methyl sites for hydroxylation is 3. The number of benzene rings is 3. The maximum absolute atomic E-state index is 8.92. The predicted octanol–water partition coefficient (Wildman–Crippen LogP) is 4.92. The van der Waals surface area contributed by atoms with Crippen LogP contribution in [-0.4, -0.2) is 22.1 Å². The molecule has 3 rings (SSSR count).